The number of rotatable bonds is 1. The Morgan fingerprint density at radius 1 is 1.71 bits per heavy atom. The zero-order valence-corrected chi connectivity index (χ0v) is 6.12. The van der Waals surface area contributed by atoms with Crippen molar-refractivity contribution in [3.8, 4) is 0 Å². The van der Waals surface area contributed by atoms with Gasteiger partial charge < -0.3 is 4.89 Å². The molecular weight excluding hydrogens is 133 g/mol. The van der Waals surface area contributed by atoms with Crippen LogP contribution < -0.4 is 5.50 Å². The van der Waals surface area contributed by atoms with Crippen molar-refractivity contribution in [2.24, 2.45) is 5.50 Å². The Balaban J connectivity index is 3.80. The molecule has 5 heteroatoms. The zero-order valence-electron chi connectivity index (χ0n) is 4.33. The minimum Gasteiger partial charge on any atom is -0.327 e. The third-order valence-electron chi connectivity index (χ3n) is 0.573. The van der Waals surface area contributed by atoms with Crippen molar-refractivity contribution in [3.05, 3.63) is 0 Å². The second-order valence-electron chi connectivity index (χ2n) is 1.44. The Labute approximate surface area is 45.5 Å². The molecule has 0 aromatic carbocycles. The minimum absolute atomic E-state index is 0.853. The fourth-order valence-corrected chi connectivity index (χ4v) is 0. The van der Waals surface area contributed by atoms with Crippen molar-refractivity contribution in [2.45, 2.75) is 0 Å². The fraction of sp³-hybridized carbons (Fsp3) is 1.00. The molecule has 0 saturated carbocycles. The Hall–Kier alpha value is 0.500. The summed E-state index contributed by atoms with van der Waals surface area (Å²) in [5, 5.41) is 0. The third kappa shape index (κ3) is 3.12. The van der Waals surface area contributed by atoms with Crippen molar-refractivity contribution >= 4 is 17.2 Å². The van der Waals surface area contributed by atoms with Crippen LogP contribution in [0.25, 0.3) is 0 Å². The van der Waals surface area contributed by atoms with Crippen LogP contribution in [-0.4, -0.2) is 17.4 Å². The van der Waals surface area contributed by atoms with Gasteiger partial charge in [0.2, 0.25) is 0 Å². The van der Waals surface area contributed by atoms with Crippen LogP contribution >= 0.6 is 17.2 Å². The van der Waals surface area contributed by atoms with Gasteiger partial charge in [-0.1, -0.05) is 0 Å². The first-order valence-electron chi connectivity index (χ1n) is 1.74. The van der Waals surface area contributed by atoms with Crippen molar-refractivity contribution in [2.75, 3.05) is 12.5 Å². The van der Waals surface area contributed by atoms with E-state index in [2.05, 4.69) is 0 Å². The van der Waals surface area contributed by atoms with Crippen LogP contribution in [-0.2, 0) is 4.57 Å². The molecule has 0 aromatic heterocycles. The molecule has 0 amide bonds. The molecule has 0 saturated heterocycles. The second-order valence-corrected chi connectivity index (χ2v) is 8.43. The van der Waals surface area contributed by atoms with Gasteiger partial charge in [0.25, 0.3) is 0 Å². The summed E-state index contributed by atoms with van der Waals surface area (Å²) in [6.07, 6.45) is 3.35. The van der Waals surface area contributed by atoms with E-state index in [1.165, 1.54) is 0 Å². The molecule has 7 heavy (non-hydrogen) atoms. The van der Waals surface area contributed by atoms with E-state index < -0.39 is 17.2 Å². The molecule has 0 fully saturated rings. The van der Waals surface area contributed by atoms with E-state index in [4.69, 9.17) is 10.4 Å². The molecule has 0 rings (SSSR count). The molecule has 3 N–H and O–H groups in total. The van der Waals surface area contributed by atoms with E-state index >= 15 is 0 Å². The summed E-state index contributed by atoms with van der Waals surface area (Å²) in [7, 11) is -0.853. The average Bonchev–Trinajstić information content (AvgIpc) is 1.31. The van der Waals surface area contributed by atoms with Crippen LogP contribution in [0.1, 0.15) is 0 Å². The first-order chi connectivity index (χ1) is 2.94. The largest absolute Gasteiger partial charge is 0.327 e. The van der Waals surface area contributed by atoms with Gasteiger partial charge in [-0.15, -0.1) is 0 Å². The smallest absolute Gasteiger partial charge is 0.301 e. The Morgan fingerprint density at radius 3 is 1.86 bits per heavy atom. The third-order valence-corrected chi connectivity index (χ3v) is 5.16. The van der Waals surface area contributed by atoms with E-state index in [1.54, 1.807) is 12.5 Å². The van der Waals surface area contributed by atoms with E-state index in [1.807, 2.05) is 0 Å². The van der Waals surface area contributed by atoms with Crippen LogP contribution in [0.15, 0.2) is 0 Å². The van der Waals surface area contributed by atoms with Gasteiger partial charge in [0.15, 0.2) is 0 Å². The molecule has 0 radical (unpaired) electrons. The molecule has 1 atom stereocenters. The Bertz CT molecular complexity index is 97.9. The molecule has 0 aromatic rings. The summed E-state index contributed by atoms with van der Waals surface area (Å²) in [4.78, 5) is 8.46. The summed E-state index contributed by atoms with van der Waals surface area (Å²) in [6, 6.07) is 0. The lowest BCUT2D eigenvalue weighted by Gasteiger charge is -2.10. The van der Waals surface area contributed by atoms with Gasteiger partial charge in [-0.25, -0.2) is 0 Å². The Kier molecular flexibility index (Phi) is 2.33. The van der Waals surface area contributed by atoms with Crippen LogP contribution in [0.2, 0.25) is 0 Å². The highest BCUT2D eigenvalue weighted by atomic mass is 32.8. The summed E-state index contributed by atoms with van der Waals surface area (Å²) in [5.74, 6) is 0. The summed E-state index contributed by atoms with van der Waals surface area (Å²) in [5.41, 5.74) is 4.82. The highest BCUT2D eigenvalue weighted by Gasteiger charge is 2.10. The normalized spacial score (nSPS) is 20.9. The molecule has 0 spiro atoms. The molecule has 0 aliphatic rings. The number of hydrogen-bond acceptors (Lipinski definition) is 1. The highest BCUT2D eigenvalue weighted by Crippen LogP contribution is 2.54. The summed E-state index contributed by atoms with van der Waals surface area (Å²) in [6.45, 7) is -3.17. The van der Waals surface area contributed by atoms with Gasteiger partial charge in [-0.05, 0) is 12.5 Å². The van der Waals surface area contributed by atoms with E-state index in [9.17, 15) is 4.57 Å². The van der Waals surface area contributed by atoms with E-state index in [0.717, 1.165) is 0 Å². The van der Waals surface area contributed by atoms with Gasteiger partial charge in [0.05, 0.1) is 0 Å². The average molecular weight is 143 g/mol. The Morgan fingerprint density at radius 2 is 1.86 bits per heavy atom. The number of thiol groups is 1. The van der Waals surface area contributed by atoms with Gasteiger partial charge in [-0.2, -0.15) is 10.5 Å². The highest BCUT2D eigenvalue weighted by molar-refractivity contribution is 8.65. The van der Waals surface area contributed by atoms with Gasteiger partial charge in [-0.3, -0.25) is 10.1 Å². The molecule has 46 valence electrons. The molecular formula is C2H10NO2PS. The lowest BCUT2D eigenvalue weighted by Crippen LogP contribution is -1.90. The molecule has 0 aliphatic heterocycles. The molecule has 3 nitrogen and oxygen atoms in total. The molecule has 0 heterocycles. The van der Waals surface area contributed by atoms with Crippen LogP contribution in [0.5, 0.6) is 0 Å². The van der Waals surface area contributed by atoms with E-state index in [0.29, 0.717) is 0 Å². The van der Waals surface area contributed by atoms with Crippen molar-refractivity contribution in [1.29, 1.82) is 0 Å². The van der Waals surface area contributed by atoms with Gasteiger partial charge >= 0.3 is 6.72 Å². The van der Waals surface area contributed by atoms with Crippen LogP contribution in [0.3, 0.4) is 0 Å². The van der Waals surface area contributed by atoms with Gasteiger partial charge in [0.1, 0.15) is 0 Å². The SMILES string of the molecule is C[SH](C)P(N)(=O)O. The minimum atomic E-state index is -3.17. The summed E-state index contributed by atoms with van der Waals surface area (Å²) >= 11 is 0. The monoisotopic (exact) mass is 143 g/mol. The lowest BCUT2D eigenvalue weighted by atomic mass is 11.9. The lowest BCUT2D eigenvalue weighted by molar-refractivity contribution is 0.498. The molecule has 0 aliphatic carbocycles. The molecule has 0 bridgehead atoms. The van der Waals surface area contributed by atoms with Crippen LogP contribution in [0, 0.1) is 0 Å². The number of nitrogens with two attached hydrogens (primary N) is 1. The topological polar surface area (TPSA) is 63.3 Å². The maximum Gasteiger partial charge on any atom is 0.301 e. The summed E-state index contributed by atoms with van der Waals surface area (Å²) < 4.78 is 10.3. The van der Waals surface area contributed by atoms with Crippen molar-refractivity contribution < 1.29 is 9.46 Å². The first-order valence-corrected chi connectivity index (χ1v) is 6.41. The second kappa shape index (κ2) is 2.18. The standard InChI is InChI=1S/C2H10NO2PS/c1-7(2)6(3,4)5/h7H,1-2H3,(H3,3,4,5). The quantitative estimate of drug-likeness (QED) is 0.365. The number of hydrogen-bond donors (Lipinski definition) is 3. The van der Waals surface area contributed by atoms with Crippen LogP contribution in [0.4, 0.5) is 0 Å². The first kappa shape index (κ1) is 7.50. The van der Waals surface area contributed by atoms with Crippen molar-refractivity contribution in [1.82, 2.24) is 0 Å². The van der Waals surface area contributed by atoms with E-state index in [-0.39, 0.29) is 0 Å². The van der Waals surface area contributed by atoms with Gasteiger partial charge in [0, 0.05) is 0 Å². The maximum absolute atomic E-state index is 10.3. The zero-order chi connectivity index (χ0) is 6.08. The fourth-order valence-electron chi connectivity index (χ4n) is 0. The van der Waals surface area contributed by atoms with Crippen molar-refractivity contribution in [3.63, 3.8) is 0 Å². The predicted molar refractivity (Wildman–Crippen MR) is 34.8 cm³/mol. The predicted octanol–water partition coefficient (Wildman–Crippen LogP) is 0.306. The maximum atomic E-state index is 10.3. The molecule has 1 unspecified atom stereocenters.